The van der Waals surface area contributed by atoms with Crippen LogP contribution in [0.15, 0.2) is 29.9 Å². The van der Waals surface area contributed by atoms with Crippen molar-refractivity contribution in [2.24, 2.45) is 11.8 Å². The molecule has 0 aliphatic heterocycles. The largest absolute Gasteiger partial charge is 0.507 e. The van der Waals surface area contributed by atoms with E-state index in [0.29, 0.717) is 17.6 Å². The highest BCUT2D eigenvalue weighted by atomic mass is 16.3. The van der Waals surface area contributed by atoms with Crippen molar-refractivity contribution >= 4 is 11.9 Å². The maximum atomic E-state index is 11.7. The predicted molar refractivity (Wildman–Crippen MR) is 92.3 cm³/mol. The number of fused-ring (bicyclic) bond motifs is 2. The summed E-state index contributed by atoms with van der Waals surface area (Å²) in [5, 5.41) is 10.6. The summed E-state index contributed by atoms with van der Waals surface area (Å²) in [6.07, 6.45) is 14.6. The van der Waals surface area contributed by atoms with Gasteiger partial charge >= 0.3 is 0 Å². The monoisotopic (exact) mass is 308 g/mol. The third-order valence-corrected chi connectivity index (χ3v) is 5.93. The summed E-state index contributed by atoms with van der Waals surface area (Å²) in [5.74, 6) is 1.29. The summed E-state index contributed by atoms with van der Waals surface area (Å²) in [5.41, 5.74) is 5.56. The highest BCUT2D eigenvalue weighted by Crippen LogP contribution is 2.48. The minimum atomic E-state index is 0.361. The molecule has 0 unspecified atom stereocenters. The highest BCUT2D eigenvalue weighted by Gasteiger charge is 2.34. The van der Waals surface area contributed by atoms with Gasteiger partial charge in [0.15, 0.2) is 0 Å². The van der Waals surface area contributed by atoms with E-state index in [4.69, 9.17) is 0 Å². The second-order valence-corrected chi connectivity index (χ2v) is 7.21. The quantitative estimate of drug-likeness (QED) is 0.811. The molecule has 120 valence electrons. The van der Waals surface area contributed by atoms with Crippen LogP contribution in [0, 0.1) is 11.8 Å². The van der Waals surface area contributed by atoms with Crippen molar-refractivity contribution in [3.05, 3.63) is 46.5 Å². The average molecular weight is 308 g/mol. The minimum Gasteiger partial charge on any atom is -0.507 e. The van der Waals surface area contributed by atoms with Crippen LogP contribution in [0.4, 0.5) is 0 Å². The fourth-order valence-electron chi connectivity index (χ4n) is 4.83. The number of aldehydes is 1. The van der Waals surface area contributed by atoms with Crippen LogP contribution in [0.3, 0.4) is 0 Å². The van der Waals surface area contributed by atoms with Gasteiger partial charge in [0.2, 0.25) is 0 Å². The molecule has 1 N–H and O–H groups in total. The van der Waals surface area contributed by atoms with Crippen LogP contribution in [-0.4, -0.2) is 11.4 Å². The van der Waals surface area contributed by atoms with E-state index in [0.717, 1.165) is 42.3 Å². The molecule has 0 aromatic heterocycles. The lowest BCUT2D eigenvalue weighted by Gasteiger charge is -2.36. The molecule has 0 heterocycles. The summed E-state index contributed by atoms with van der Waals surface area (Å²) in [4.78, 5) is 11.7. The minimum absolute atomic E-state index is 0.361. The number of carbonyl (C=O) groups excluding carboxylic acids is 1. The SMILES string of the molecule is O=CC1=C(c2c(O)ccc3c2CCCC3)[C@@H]2CCCC[C@@H]2C=C1. The number of aromatic hydroxyl groups is 1. The number of phenols is 1. The molecule has 1 aromatic rings. The van der Waals surface area contributed by atoms with Gasteiger partial charge in [-0.2, -0.15) is 0 Å². The smallest absolute Gasteiger partial charge is 0.150 e. The first-order valence-electron chi connectivity index (χ1n) is 9.01. The number of benzene rings is 1. The summed E-state index contributed by atoms with van der Waals surface area (Å²) in [6, 6.07) is 3.91. The van der Waals surface area contributed by atoms with Gasteiger partial charge in [0.1, 0.15) is 12.0 Å². The fourth-order valence-corrected chi connectivity index (χ4v) is 4.83. The highest BCUT2D eigenvalue weighted by molar-refractivity contribution is 5.95. The molecule has 0 saturated heterocycles. The van der Waals surface area contributed by atoms with E-state index in [9.17, 15) is 9.90 Å². The number of hydrogen-bond acceptors (Lipinski definition) is 2. The Morgan fingerprint density at radius 3 is 2.74 bits per heavy atom. The van der Waals surface area contributed by atoms with E-state index in [1.807, 2.05) is 12.1 Å². The van der Waals surface area contributed by atoms with Crippen molar-refractivity contribution in [3.63, 3.8) is 0 Å². The predicted octanol–water partition coefficient (Wildman–Crippen LogP) is 4.60. The fraction of sp³-hybridized carbons (Fsp3) is 0.476. The first-order valence-corrected chi connectivity index (χ1v) is 9.01. The zero-order chi connectivity index (χ0) is 15.8. The molecule has 1 fully saturated rings. The molecule has 0 spiro atoms. The van der Waals surface area contributed by atoms with E-state index < -0.39 is 0 Å². The van der Waals surface area contributed by atoms with Gasteiger partial charge in [-0.15, -0.1) is 0 Å². The Morgan fingerprint density at radius 1 is 1.04 bits per heavy atom. The number of rotatable bonds is 2. The van der Waals surface area contributed by atoms with Crippen LogP contribution in [0.2, 0.25) is 0 Å². The van der Waals surface area contributed by atoms with E-state index in [-0.39, 0.29) is 0 Å². The Bertz CT molecular complexity index is 696. The van der Waals surface area contributed by atoms with Crippen molar-refractivity contribution in [2.75, 3.05) is 0 Å². The Balaban J connectivity index is 1.92. The lowest BCUT2D eigenvalue weighted by molar-refractivity contribution is -0.104. The van der Waals surface area contributed by atoms with Crippen LogP contribution < -0.4 is 0 Å². The summed E-state index contributed by atoms with van der Waals surface area (Å²) in [7, 11) is 0. The molecular formula is C21H24O2. The number of hydrogen-bond donors (Lipinski definition) is 1. The first kappa shape index (κ1) is 14.7. The lowest BCUT2D eigenvalue weighted by Crippen LogP contribution is -2.24. The molecule has 2 heteroatoms. The third-order valence-electron chi connectivity index (χ3n) is 5.93. The molecule has 1 aromatic carbocycles. The number of phenolic OH excluding ortho intramolecular Hbond substituents is 1. The lowest BCUT2D eigenvalue weighted by atomic mass is 9.68. The van der Waals surface area contributed by atoms with Crippen LogP contribution in [0.5, 0.6) is 5.75 Å². The van der Waals surface area contributed by atoms with Crippen LogP contribution in [0.1, 0.15) is 55.2 Å². The summed E-state index contributed by atoms with van der Waals surface area (Å²) in [6.45, 7) is 0. The zero-order valence-corrected chi connectivity index (χ0v) is 13.6. The average Bonchev–Trinajstić information content (AvgIpc) is 2.61. The topological polar surface area (TPSA) is 37.3 Å². The normalized spacial score (nSPS) is 26.6. The van der Waals surface area contributed by atoms with Gasteiger partial charge in [-0.05, 0) is 73.1 Å². The standard InChI is InChI=1S/C21H24O2/c22-13-16-10-9-14-5-1-3-7-17(14)20(16)21-18-8-4-2-6-15(18)11-12-19(21)23/h9-14,17,23H,1-8H2/t14-,17-/m1/s1. The van der Waals surface area contributed by atoms with Gasteiger partial charge in [-0.3, -0.25) is 4.79 Å². The zero-order valence-electron chi connectivity index (χ0n) is 13.6. The molecule has 23 heavy (non-hydrogen) atoms. The number of aryl methyl sites for hydroxylation is 1. The van der Waals surface area contributed by atoms with Gasteiger partial charge in [-0.1, -0.05) is 31.1 Å². The summed E-state index contributed by atoms with van der Waals surface area (Å²) >= 11 is 0. The van der Waals surface area contributed by atoms with Crippen molar-refractivity contribution in [3.8, 4) is 5.75 Å². The van der Waals surface area contributed by atoms with Gasteiger partial charge in [-0.25, -0.2) is 0 Å². The Kier molecular flexibility index (Phi) is 3.84. The molecule has 3 aliphatic carbocycles. The molecule has 2 nitrogen and oxygen atoms in total. The second kappa shape index (κ2) is 5.99. The van der Waals surface area contributed by atoms with Crippen molar-refractivity contribution in [1.29, 1.82) is 0 Å². The van der Waals surface area contributed by atoms with Crippen LogP contribution in [-0.2, 0) is 17.6 Å². The Morgan fingerprint density at radius 2 is 1.87 bits per heavy atom. The van der Waals surface area contributed by atoms with Crippen molar-refractivity contribution in [1.82, 2.24) is 0 Å². The summed E-state index contributed by atoms with van der Waals surface area (Å²) < 4.78 is 0. The molecule has 3 aliphatic rings. The molecule has 0 radical (unpaired) electrons. The molecule has 0 amide bonds. The van der Waals surface area contributed by atoms with Gasteiger partial charge in [0, 0.05) is 11.1 Å². The maximum absolute atomic E-state index is 11.7. The van der Waals surface area contributed by atoms with Gasteiger partial charge in [0.05, 0.1) is 0 Å². The van der Waals surface area contributed by atoms with E-state index in [2.05, 4.69) is 12.1 Å². The van der Waals surface area contributed by atoms with Crippen molar-refractivity contribution < 1.29 is 9.90 Å². The number of allylic oxidation sites excluding steroid dienone is 4. The van der Waals surface area contributed by atoms with Gasteiger partial charge in [0.25, 0.3) is 0 Å². The molecule has 0 bridgehead atoms. The van der Waals surface area contributed by atoms with Crippen LogP contribution in [0.25, 0.3) is 5.57 Å². The van der Waals surface area contributed by atoms with Crippen LogP contribution >= 0.6 is 0 Å². The third kappa shape index (κ3) is 2.45. The second-order valence-electron chi connectivity index (χ2n) is 7.21. The first-order chi connectivity index (χ1) is 11.3. The van der Waals surface area contributed by atoms with Crippen molar-refractivity contribution in [2.45, 2.75) is 51.4 Å². The molecule has 4 rings (SSSR count). The maximum Gasteiger partial charge on any atom is 0.150 e. The molecule has 1 saturated carbocycles. The number of carbonyl (C=O) groups is 1. The van der Waals surface area contributed by atoms with E-state index >= 15 is 0 Å². The molecule has 2 atom stereocenters. The van der Waals surface area contributed by atoms with E-state index in [1.54, 1.807) is 0 Å². The Labute approximate surface area is 137 Å². The Hall–Kier alpha value is -1.83. The van der Waals surface area contributed by atoms with E-state index in [1.165, 1.54) is 43.2 Å². The van der Waals surface area contributed by atoms with Gasteiger partial charge < -0.3 is 5.11 Å². The molecular weight excluding hydrogens is 284 g/mol.